The molecule has 1 fully saturated rings. The Morgan fingerprint density at radius 2 is 2.07 bits per heavy atom. The van der Waals surface area contributed by atoms with Crippen LogP contribution in [0.4, 0.5) is 5.69 Å². The van der Waals surface area contributed by atoms with Crippen LogP contribution in [0.5, 0.6) is 0 Å². The zero-order valence-corrected chi connectivity index (χ0v) is 15.4. The lowest BCUT2D eigenvalue weighted by molar-refractivity contribution is -0.384. The lowest BCUT2D eigenvalue weighted by Crippen LogP contribution is -2.24. The minimum absolute atomic E-state index is 0.0267. The highest BCUT2D eigenvalue weighted by atomic mass is 16.6. The van der Waals surface area contributed by atoms with Gasteiger partial charge < -0.3 is 9.63 Å². The summed E-state index contributed by atoms with van der Waals surface area (Å²) < 4.78 is 5.45. The van der Waals surface area contributed by atoms with Crippen molar-refractivity contribution in [3.05, 3.63) is 75.7 Å². The number of nitrogens with zero attached hydrogens (tertiary/aromatic N) is 4. The van der Waals surface area contributed by atoms with Crippen molar-refractivity contribution in [2.75, 3.05) is 6.54 Å². The molecule has 2 heterocycles. The van der Waals surface area contributed by atoms with Gasteiger partial charge in [0.15, 0.2) is 0 Å². The number of β-amino-alcohol motifs (C(OH)–C–C–N with tert-alkyl or cyclic N) is 1. The van der Waals surface area contributed by atoms with E-state index in [-0.39, 0.29) is 11.7 Å². The summed E-state index contributed by atoms with van der Waals surface area (Å²) in [7, 11) is 0. The molecule has 2 aromatic carbocycles. The van der Waals surface area contributed by atoms with Crippen molar-refractivity contribution in [2.45, 2.75) is 32.0 Å². The first kappa shape index (κ1) is 18.3. The molecule has 8 nitrogen and oxygen atoms in total. The first-order valence-corrected chi connectivity index (χ1v) is 9.05. The number of hydrogen-bond acceptors (Lipinski definition) is 7. The van der Waals surface area contributed by atoms with E-state index < -0.39 is 11.0 Å². The van der Waals surface area contributed by atoms with Gasteiger partial charge in [0.25, 0.3) is 5.69 Å². The molecule has 4 rings (SSSR count). The van der Waals surface area contributed by atoms with Gasteiger partial charge >= 0.3 is 0 Å². The number of aliphatic hydroxyl groups is 1. The lowest BCUT2D eigenvalue weighted by atomic mass is 10.1. The summed E-state index contributed by atoms with van der Waals surface area (Å²) in [6.45, 7) is 3.23. The molecule has 2 atom stereocenters. The predicted molar refractivity (Wildman–Crippen MR) is 101 cm³/mol. The molecule has 1 aliphatic rings. The van der Waals surface area contributed by atoms with Crippen LogP contribution in [0.25, 0.3) is 11.4 Å². The summed E-state index contributed by atoms with van der Waals surface area (Å²) in [6.07, 6.45) is 0.0335. The third-order valence-electron chi connectivity index (χ3n) is 4.93. The van der Waals surface area contributed by atoms with Crippen LogP contribution >= 0.6 is 0 Å². The number of benzene rings is 2. The highest BCUT2D eigenvalue weighted by molar-refractivity contribution is 5.58. The van der Waals surface area contributed by atoms with Crippen LogP contribution in [-0.4, -0.2) is 37.7 Å². The molecule has 1 aromatic heterocycles. The molecule has 0 aliphatic carbocycles. The highest BCUT2D eigenvalue weighted by Gasteiger charge is 2.36. The van der Waals surface area contributed by atoms with Crippen LogP contribution in [0.2, 0.25) is 0 Å². The molecule has 0 saturated carbocycles. The fourth-order valence-electron chi connectivity index (χ4n) is 3.49. The highest BCUT2D eigenvalue weighted by Crippen LogP contribution is 2.33. The van der Waals surface area contributed by atoms with E-state index in [0.29, 0.717) is 36.8 Å². The molecule has 0 radical (unpaired) electrons. The standard InChI is InChI=1S/C20H20N4O4/c1-13-5-7-14(8-6-13)11-23-12-17(25)10-18(23)20-21-19(22-28-20)15-3-2-4-16(9-15)24(26)27/h2-9,17-18,25H,10-12H2,1H3/t17-,18+/m1/s1. The van der Waals surface area contributed by atoms with Crippen molar-refractivity contribution < 1.29 is 14.6 Å². The van der Waals surface area contributed by atoms with Crippen LogP contribution in [0.3, 0.4) is 0 Å². The fraction of sp³-hybridized carbons (Fsp3) is 0.300. The average molecular weight is 380 g/mol. The van der Waals surface area contributed by atoms with E-state index in [1.165, 1.54) is 17.7 Å². The van der Waals surface area contributed by atoms with Gasteiger partial charge in [-0.25, -0.2) is 0 Å². The minimum Gasteiger partial charge on any atom is -0.392 e. The van der Waals surface area contributed by atoms with E-state index in [2.05, 4.69) is 39.3 Å². The van der Waals surface area contributed by atoms with E-state index in [4.69, 9.17) is 4.52 Å². The van der Waals surface area contributed by atoms with Crippen molar-refractivity contribution in [1.29, 1.82) is 0 Å². The van der Waals surface area contributed by atoms with Gasteiger partial charge in [-0.15, -0.1) is 0 Å². The maximum atomic E-state index is 11.0. The molecule has 1 saturated heterocycles. The molecule has 28 heavy (non-hydrogen) atoms. The number of hydrogen-bond donors (Lipinski definition) is 1. The normalized spacial score (nSPS) is 19.8. The average Bonchev–Trinajstić information content (AvgIpc) is 3.30. The van der Waals surface area contributed by atoms with E-state index in [1.807, 2.05) is 6.92 Å². The quantitative estimate of drug-likeness (QED) is 0.535. The van der Waals surface area contributed by atoms with Crippen LogP contribution < -0.4 is 0 Å². The SMILES string of the molecule is Cc1ccc(CN2C[C@H](O)C[C@H]2c2nc(-c3cccc([N+](=O)[O-])c3)no2)cc1. The molecule has 1 N–H and O–H groups in total. The number of aliphatic hydroxyl groups excluding tert-OH is 1. The van der Waals surface area contributed by atoms with E-state index in [1.54, 1.807) is 12.1 Å². The second kappa shape index (κ2) is 7.49. The van der Waals surface area contributed by atoms with Crippen LogP contribution in [0, 0.1) is 17.0 Å². The van der Waals surface area contributed by atoms with Crippen LogP contribution in [0.15, 0.2) is 53.1 Å². The van der Waals surface area contributed by atoms with Gasteiger partial charge in [-0.3, -0.25) is 15.0 Å². The third kappa shape index (κ3) is 3.78. The second-order valence-electron chi connectivity index (χ2n) is 7.08. The number of aromatic nitrogens is 2. The Balaban J connectivity index is 1.56. The van der Waals surface area contributed by atoms with Gasteiger partial charge in [-0.2, -0.15) is 4.98 Å². The largest absolute Gasteiger partial charge is 0.392 e. The Labute approximate surface area is 161 Å². The Hall–Kier alpha value is -3.10. The smallest absolute Gasteiger partial charge is 0.270 e. The van der Waals surface area contributed by atoms with Crippen LogP contribution in [-0.2, 0) is 6.54 Å². The van der Waals surface area contributed by atoms with Crippen molar-refractivity contribution in [3.63, 3.8) is 0 Å². The number of aryl methyl sites for hydroxylation is 1. The molecular weight excluding hydrogens is 360 g/mol. The minimum atomic E-state index is -0.469. The molecule has 0 spiro atoms. The van der Waals surface area contributed by atoms with Crippen LogP contribution in [0.1, 0.15) is 29.5 Å². The Morgan fingerprint density at radius 1 is 1.29 bits per heavy atom. The molecule has 144 valence electrons. The van der Waals surface area contributed by atoms with Gasteiger partial charge in [0.1, 0.15) is 0 Å². The Morgan fingerprint density at radius 3 is 2.82 bits per heavy atom. The maximum absolute atomic E-state index is 11.0. The molecule has 3 aromatic rings. The molecule has 0 bridgehead atoms. The van der Waals surface area contributed by atoms with Gasteiger partial charge in [0.2, 0.25) is 11.7 Å². The van der Waals surface area contributed by atoms with Gasteiger partial charge in [-0.1, -0.05) is 47.1 Å². The molecular formula is C20H20N4O4. The van der Waals surface area contributed by atoms with Crippen molar-refractivity contribution in [2.24, 2.45) is 0 Å². The van der Waals surface area contributed by atoms with Gasteiger partial charge in [0, 0.05) is 30.8 Å². The summed E-state index contributed by atoms with van der Waals surface area (Å²) in [6, 6.07) is 14.2. The molecule has 8 heteroatoms. The van der Waals surface area contributed by atoms with Gasteiger partial charge in [-0.05, 0) is 18.9 Å². The zero-order chi connectivity index (χ0) is 19.7. The van der Waals surface area contributed by atoms with E-state index in [0.717, 1.165) is 5.56 Å². The number of rotatable bonds is 5. The van der Waals surface area contributed by atoms with E-state index in [9.17, 15) is 15.2 Å². The maximum Gasteiger partial charge on any atom is 0.270 e. The fourth-order valence-corrected chi connectivity index (χ4v) is 3.49. The zero-order valence-electron chi connectivity index (χ0n) is 15.4. The van der Waals surface area contributed by atoms with Crippen molar-refractivity contribution >= 4 is 5.69 Å². The number of non-ortho nitro benzene ring substituents is 1. The first-order valence-electron chi connectivity index (χ1n) is 9.05. The summed E-state index contributed by atoms with van der Waals surface area (Å²) in [5.74, 6) is 0.709. The first-order chi connectivity index (χ1) is 13.5. The molecule has 0 amide bonds. The Kier molecular flexibility index (Phi) is 4.89. The summed E-state index contributed by atoms with van der Waals surface area (Å²) in [5.41, 5.74) is 2.83. The summed E-state index contributed by atoms with van der Waals surface area (Å²) in [4.78, 5) is 17.1. The Bertz CT molecular complexity index is 986. The third-order valence-corrected chi connectivity index (χ3v) is 4.93. The lowest BCUT2D eigenvalue weighted by Gasteiger charge is -2.21. The molecule has 0 unspecified atom stereocenters. The van der Waals surface area contributed by atoms with Crippen molar-refractivity contribution in [1.82, 2.24) is 15.0 Å². The van der Waals surface area contributed by atoms with Crippen molar-refractivity contribution in [3.8, 4) is 11.4 Å². The number of likely N-dealkylation sites (tertiary alicyclic amines) is 1. The topological polar surface area (TPSA) is 106 Å². The monoisotopic (exact) mass is 380 g/mol. The van der Waals surface area contributed by atoms with E-state index >= 15 is 0 Å². The number of nitro groups is 1. The molecule has 1 aliphatic heterocycles. The summed E-state index contributed by atoms with van der Waals surface area (Å²) >= 11 is 0. The number of nitro benzene ring substituents is 1. The predicted octanol–water partition coefficient (Wildman–Crippen LogP) is 3.26. The second-order valence-corrected chi connectivity index (χ2v) is 7.08. The van der Waals surface area contributed by atoms with Gasteiger partial charge in [0.05, 0.1) is 17.1 Å². The summed E-state index contributed by atoms with van der Waals surface area (Å²) in [5, 5.41) is 25.1.